The first-order chi connectivity index (χ1) is 9.94. The summed E-state index contributed by atoms with van der Waals surface area (Å²) in [5.41, 5.74) is 1.55. The zero-order valence-electron chi connectivity index (χ0n) is 11.6. The molecule has 0 aliphatic rings. The molecule has 0 aliphatic heterocycles. The zero-order valence-corrected chi connectivity index (χ0v) is 11.6. The third-order valence-corrected chi connectivity index (χ3v) is 3.07. The maximum absolute atomic E-state index is 13.4. The van der Waals surface area contributed by atoms with Gasteiger partial charge in [-0.25, -0.2) is 8.78 Å². The van der Waals surface area contributed by atoms with Crippen LogP contribution < -0.4 is 5.46 Å². The van der Waals surface area contributed by atoms with Gasteiger partial charge in [-0.05, 0) is 47.9 Å². The van der Waals surface area contributed by atoms with Crippen LogP contribution in [0.5, 0.6) is 0 Å². The van der Waals surface area contributed by atoms with E-state index in [2.05, 4.69) is 0 Å². The van der Waals surface area contributed by atoms with Crippen molar-refractivity contribution >= 4 is 12.6 Å². The van der Waals surface area contributed by atoms with Gasteiger partial charge in [-0.3, -0.25) is 4.90 Å². The Balaban J connectivity index is 2.07. The lowest BCUT2D eigenvalue weighted by Crippen LogP contribution is -2.31. The van der Waals surface area contributed by atoms with Gasteiger partial charge >= 0.3 is 7.12 Å². The molecule has 0 radical (unpaired) electrons. The van der Waals surface area contributed by atoms with Crippen LogP contribution in [0.2, 0.25) is 0 Å². The van der Waals surface area contributed by atoms with Gasteiger partial charge in [-0.2, -0.15) is 0 Å². The fraction of sp³-hybridized carbons (Fsp3) is 0.200. The van der Waals surface area contributed by atoms with Gasteiger partial charge < -0.3 is 10.0 Å². The molecule has 0 heterocycles. The van der Waals surface area contributed by atoms with Gasteiger partial charge in [0, 0.05) is 13.1 Å². The van der Waals surface area contributed by atoms with E-state index in [0.717, 1.165) is 11.6 Å². The molecule has 0 unspecified atom stereocenters. The molecule has 0 spiro atoms. The summed E-state index contributed by atoms with van der Waals surface area (Å²) in [4.78, 5) is 1.89. The second-order valence-electron chi connectivity index (χ2n) is 5.07. The van der Waals surface area contributed by atoms with Crippen molar-refractivity contribution in [3.63, 3.8) is 0 Å². The topological polar surface area (TPSA) is 43.7 Å². The number of nitrogens with zero attached hydrogens (tertiary/aromatic N) is 1. The first-order valence-corrected chi connectivity index (χ1v) is 6.52. The number of benzene rings is 2. The molecule has 0 bridgehead atoms. The van der Waals surface area contributed by atoms with E-state index in [9.17, 15) is 8.78 Å². The van der Waals surface area contributed by atoms with Crippen LogP contribution in [-0.2, 0) is 13.1 Å². The van der Waals surface area contributed by atoms with Crippen molar-refractivity contribution < 1.29 is 18.8 Å². The molecule has 0 saturated heterocycles. The molecule has 0 atom stereocenters. The van der Waals surface area contributed by atoms with E-state index in [0.29, 0.717) is 18.7 Å². The summed E-state index contributed by atoms with van der Waals surface area (Å²) in [6, 6.07) is 10.2. The predicted octanol–water partition coefficient (Wildman–Crippen LogP) is 1.28. The molecule has 0 aromatic heterocycles. The Morgan fingerprint density at radius 2 is 1.62 bits per heavy atom. The Morgan fingerprint density at radius 3 is 2.29 bits per heavy atom. The Kier molecular flexibility index (Phi) is 5.06. The van der Waals surface area contributed by atoms with E-state index in [-0.39, 0.29) is 11.3 Å². The van der Waals surface area contributed by atoms with Crippen molar-refractivity contribution in [1.29, 1.82) is 0 Å². The maximum atomic E-state index is 13.4. The molecular formula is C15H16BF2NO2. The van der Waals surface area contributed by atoms with E-state index in [4.69, 9.17) is 10.0 Å². The summed E-state index contributed by atoms with van der Waals surface area (Å²) in [5, 5.41) is 18.2. The highest BCUT2D eigenvalue weighted by Crippen LogP contribution is 2.10. The Morgan fingerprint density at radius 1 is 0.952 bits per heavy atom. The van der Waals surface area contributed by atoms with Gasteiger partial charge in [-0.1, -0.05) is 18.2 Å². The summed E-state index contributed by atoms with van der Waals surface area (Å²) < 4.78 is 26.5. The molecule has 110 valence electrons. The lowest BCUT2D eigenvalue weighted by molar-refractivity contribution is 0.318. The summed E-state index contributed by atoms with van der Waals surface area (Å²) in [6.45, 7) is 0.916. The first-order valence-electron chi connectivity index (χ1n) is 6.52. The summed E-state index contributed by atoms with van der Waals surface area (Å²) >= 11 is 0. The van der Waals surface area contributed by atoms with Crippen LogP contribution in [0.15, 0.2) is 42.5 Å². The van der Waals surface area contributed by atoms with E-state index in [1.54, 1.807) is 6.07 Å². The normalized spacial score (nSPS) is 11.0. The molecule has 2 aromatic carbocycles. The van der Waals surface area contributed by atoms with Gasteiger partial charge in [0.05, 0.1) is 0 Å². The number of rotatable bonds is 5. The number of hydrogen-bond donors (Lipinski definition) is 2. The molecular weight excluding hydrogens is 275 g/mol. The van der Waals surface area contributed by atoms with Crippen molar-refractivity contribution in [1.82, 2.24) is 4.90 Å². The van der Waals surface area contributed by atoms with Gasteiger partial charge in [0.25, 0.3) is 0 Å². The summed E-state index contributed by atoms with van der Waals surface area (Å²) in [5.74, 6) is -0.813. The van der Waals surface area contributed by atoms with Crippen LogP contribution >= 0.6 is 0 Å². The highest BCUT2D eigenvalue weighted by molar-refractivity contribution is 6.58. The van der Waals surface area contributed by atoms with E-state index < -0.39 is 12.9 Å². The van der Waals surface area contributed by atoms with Crippen LogP contribution in [0.25, 0.3) is 0 Å². The second-order valence-corrected chi connectivity index (χ2v) is 5.07. The van der Waals surface area contributed by atoms with Gasteiger partial charge in [0.2, 0.25) is 0 Å². The number of halogens is 2. The molecule has 0 amide bonds. The van der Waals surface area contributed by atoms with Crippen LogP contribution in [-0.4, -0.2) is 29.1 Å². The van der Waals surface area contributed by atoms with Crippen molar-refractivity contribution in [2.45, 2.75) is 13.1 Å². The molecule has 2 N–H and O–H groups in total. The average molecular weight is 291 g/mol. The maximum Gasteiger partial charge on any atom is 0.488 e. The smallest absolute Gasteiger partial charge is 0.423 e. The van der Waals surface area contributed by atoms with Crippen molar-refractivity contribution in [3.8, 4) is 0 Å². The molecule has 0 aliphatic carbocycles. The zero-order chi connectivity index (χ0) is 15.4. The van der Waals surface area contributed by atoms with Gasteiger partial charge in [0.1, 0.15) is 11.6 Å². The molecule has 0 fully saturated rings. The van der Waals surface area contributed by atoms with Crippen molar-refractivity contribution in [3.05, 3.63) is 65.2 Å². The highest BCUT2D eigenvalue weighted by Gasteiger charge is 2.14. The minimum Gasteiger partial charge on any atom is -0.423 e. The van der Waals surface area contributed by atoms with Crippen LogP contribution in [0.1, 0.15) is 11.1 Å². The number of hydrogen-bond acceptors (Lipinski definition) is 3. The van der Waals surface area contributed by atoms with E-state index in [1.807, 2.05) is 18.0 Å². The van der Waals surface area contributed by atoms with Crippen LogP contribution in [0.3, 0.4) is 0 Å². The SMILES string of the molecule is CN(Cc1cccc(F)c1)Cc1cc(F)cc(B(O)O)c1. The van der Waals surface area contributed by atoms with Crippen molar-refractivity contribution in [2.75, 3.05) is 7.05 Å². The highest BCUT2D eigenvalue weighted by atomic mass is 19.1. The predicted molar refractivity (Wildman–Crippen MR) is 77.8 cm³/mol. The Bertz CT molecular complexity index is 622. The van der Waals surface area contributed by atoms with Crippen LogP contribution in [0, 0.1) is 11.6 Å². The van der Waals surface area contributed by atoms with E-state index >= 15 is 0 Å². The monoisotopic (exact) mass is 291 g/mol. The lowest BCUT2D eigenvalue weighted by atomic mass is 9.79. The molecule has 0 saturated carbocycles. The van der Waals surface area contributed by atoms with Gasteiger partial charge in [0.15, 0.2) is 0 Å². The largest absolute Gasteiger partial charge is 0.488 e. The molecule has 6 heteroatoms. The van der Waals surface area contributed by atoms with Crippen LogP contribution in [0.4, 0.5) is 8.78 Å². The third-order valence-electron chi connectivity index (χ3n) is 3.07. The van der Waals surface area contributed by atoms with Gasteiger partial charge in [-0.15, -0.1) is 0 Å². The minimum atomic E-state index is -1.70. The quantitative estimate of drug-likeness (QED) is 0.816. The first kappa shape index (κ1) is 15.6. The van der Waals surface area contributed by atoms with Crippen molar-refractivity contribution in [2.24, 2.45) is 0 Å². The second kappa shape index (κ2) is 6.80. The molecule has 2 rings (SSSR count). The molecule has 3 nitrogen and oxygen atoms in total. The third kappa shape index (κ3) is 4.63. The fourth-order valence-electron chi connectivity index (χ4n) is 2.23. The standard InChI is InChI=1S/C15H16BF2NO2/c1-19(9-11-3-2-4-14(17)6-11)10-12-5-13(16(20)21)8-15(18)7-12/h2-8,20-21H,9-10H2,1H3. The van der Waals surface area contributed by atoms with E-state index in [1.165, 1.54) is 24.3 Å². The Labute approximate surface area is 122 Å². The summed E-state index contributed by atoms with van der Waals surface area (Å²) in [7, 11) is 0.123. The minimum absolute atomic E-state index is 0.115. The average Bonchev–Trinajstić information content (AvgIpc) is 2.37. The molecule has 2 aromatic rings. The lowest BCUT2D eigenvalue weighted by Gasteiger charge is -2.17. The summed E-state index contributed by atoms with van der Waals surface area (Å²) in [6.07, 6.45) is 0. The fourth-order valence-corrected chi connectivity index (χ4v) is 2.23. The molecule has 21 heavy (non-hydrogen) atoms. The Hall–Kier alpha value is -1.76.